The molecule has 1 saturated carbocycles. The third-order valence-electron chi connectivity index (χ3n) is 6.00. The Morgan fingerprint density at radius 3 is 2.70 bits per heavy atom. The minimum atomic E-state index is -0.743. The quantitative estimate of drug-likeness (QED) is 0.385. The van der Waals surface area contributed by atoms with Crippen LogP contribution in [0, 0.1) is 0 Å². The number of aromatic nitrogens is 4. The number of H-pyrrole nitrogens is 1. The number of hydrogen-bond acceptors (Lipinski definition) is 7. The van der Waals surface area contributed by atoms with Crippen LogP contribution in [0.15, 0.2) is 51.3 Å². The molecule has 3 aromatic rings. The van der Waals surface area contributed by atoms with Gasteiger partial charge < -0.3 is 15.0 Å². The number of nitrogens with two attached hydrogens (primary N) is 1. The standard InChI is InChI=1S/C23H25N5O4S/c24-20-19(21(30)26-22(31)28(20)15-8-9-15)18(29)13-33-23-25-11-17(14-5-2-1-3-6-14)27(23)12-16-7-4-10-32-16/h1-3,5-6,11,15-16H,4,7-10,12-13,24H2,(H,26,30,31)/t16-/m0/s1. The second kappa shape index (κ2) is 9.03. The molecule has 1 aromatic carbocycles. The summed E-state index contributed by atoms with van der Waals surface area (Å²) in [7, 11) is 0. The average molecular weight is 468 g/mol. The Balaban J connectivity index is 1.41. The molecule has 0 radical (unpaired) electrons. The van der Waals surface area contributed by atoms with Crippen molar-refractivity contribution in [1.29, 1.82) is 0 Å². The number of carbonyl (C=O) groups is 1. The van der Waals surface area contributed by atoms with Gasteiger partial charge in [0.25, 0.3) is 5.56 Å². The topological polar surface area (TPSA) is 125 Å². The molecular formula is C23H25N5O4S. The van der Waals surface area contributed by atoms with E-state index in [0.717, 1.165) is 43.5 Å². The van der Waals surface area contributed by atoms with Crippen molar-refractivity contribution in [2.75, 3.05) is 18.1 Å². The van der Waals surface area contributed by atoms with Gasteiger partial charge in [-0.05, 0) is 31.2 Å². The molecule has 33 heavy (non-hydrogen) atoms. The number of ketones is 1. The van der Waals surface area contributed by atoms with Crippen LogP contribution in [-0.2, 0) is 11.3 Å². The number of thioether (sulfide) groups is 1. The summed E-state index contributed by atoms with van der Waals surface area (Å²) >= 11 is 1.25. The lowest BCUT2D eigenvalue weighted by Crippen LogP contribution is -2.36. The largest absolute Gasteiger partial charge is 0.384 e. The summed E-state index contributed by atoms with van der Waals surface area (Å²) in [5.74, 6) is -0.502. The van der Waals surface area contributed by atoms with Crippen LogP contribution in [0.25, 0.3) is 11.3 Å². The maximum atomic E-state index is 13.0. The maximum absolute atomic E-state index is 13.0. The number of hydrogen-bond donors (Lipinski definition) is 2. The van der Waals surface area contributed by atoms with E-state index in [1.165, 1.54) is 16.3 Å². The monoisotopic (exact) mass is 467 g/mol. The van der Waals surface area contributed by atoms with Crippen LogP contribution in [0.1, 0.15) is 42.1 Å². The Morgan fingerprint density at radius 1 is 1.21 bits per heavy atom. The van der Waals surface area contributed by atoms with Gasteiger partial charge in [-0.15, -0.1) is 0 Å². The van der Waals surface area contributed by atoms with E-state index >= 15 is 0 Å². The highest BCUT2D eigenvalue weighted by molar-refractivity contribution is 7.99. The van der Waals surface area contributed by atoms with Gasteiger partial charge in [0.15, 0.2) is 10.9 Å². The molecule has 1 atom stereocenters. The zero-order valence-electron chi connectivity index (χ0n) is 18.0. The molecule has 0 bridgehead atoms. The van der Waals surface area contributed by atoms with Gasteiger partial charge in [-0.25, -0.2) is 9.78 Å². The van der Waals surface area contributed by atoms with Crippen LogP contribution in [0.3, 0.4) is 0 Å². The van der Waals surface area contributed by atoms with E-state index in [9.17, 15) is 14.4 Å². The molecule has 1 aliphatic heterocycles. The molecule has 2 fully saturated rings. The molecule has 0 spiro atoms. The molecule has 0 unspecified atom stereocenters. The van der Waals surface area contributed by atoms with Gasteiger partial charge in [0.05, 0.1) is 30.3 Å². The predicted molar refractivity (Wildman–Crippen MR) is 126 cm³/mol. The van der Waals surface area contributed by atoms with Gasteiger partial charge in [-0.3, -0.25) is 19.1 Å². The maximum Gasteiger partial charge on any atom is 0.330 e. The highest BCUT2D eigenvalue weighted by atomic mass is 32.2. The molecule has 3 heterocycles. The molecule has 1 aliphatic carbocycles. The lowest BCUT2D eigenvalue weighted by atomic mass is 10.1. The van der Waals surface area contributed by atoms with Crippen LogP contribution < -0.4 is 17.0 Å². The second-order valence-electron chi connectivity index (χ2n) is 8.37. The number of ether oxygens (including phenoxy) is 1. The van der Waals surface area contributed by atoms with E-state index in [1.54, 1.807) is 6.20 Å². The molecule has 0 amide bonds. The van der Waals surface area contributed by atoms with Crippen molar-refractivity contribution in [2.45, 2.75) is 49.5 Å². The first-order chi connectivity index (χ1) is 16.0. The number of nitrogen functional groups attached to an aromatic ring is 1. The van der Waals surface area contributed by atoms with E-state index in [1.807, 2.05) is 30.3 Å². The molecule has 172 valence electrons. The van der Waals surface area contributed by atoms with Gasteiger partial charge in [-0.2, -0.15) is 0 Å². The SMILES string of the molecule is Nc1c(C(=O)CSc2ncc(-c3ccccc3)n2C[C@@H]2CCCO2)c(=O)[nH]c(=O)n1C1CC1. The Hall–Kier alpha value is -3.11. The Morgan fingerprint density at radius 2 is 2.00 bits per heavy atom. The number of Topliss-reactive ketones (excluding diaryl/α,β-unsaturated/α-hetero) is 1. The summed E-state index contributed by atoms with van der Waals surface area (Å²) in [6.45, 7) is 1.38. The highest BCUT2D eigenvalue weighted by Crippen LogP contribution is 2.35. The molecule has 5 rings (SSSR count). The Labute approximate surface area is 194 Å². The first kappa shape index (κ1) is 21.7. The predicted octanol–water partition coefficient (Wildman–Crippen LogP) is 2.47. The van der Waals surface area contributed by atoms with E-state index in [0.29, 0.717) is 11.7 Å². The van der Waals surface area contributed by atoms with Crippen LogP contribution in [0.2, 0.25) is 0 Å². The normalized spacial score (nSPS) is 18.0. The van der Waals surface area contributed by atoms with Crippen molar-refractivity contribution in [3.05, 3.63) is 62.9 Å². The van der Waals surface area contributed by atoms with E-state index < -0.39 is 17.0 Å². The van der Waals surface area contributed by atoms with E-state index in [4.69, 9.17) is 10.5 Å². The third kappa shape index (κ3) is 4.40. The van der Waals surface area contributed by atoms with Crippen molar-refractivity contribution in [1.82, 2.24) is 19.1 Å². The van der Waals surface area contributed by atoms with Crippen LogP contribution in [-0.4, -0.2) is 43.3 Å². The van der Waals surface area contributed by atoms with Crippen LogP contribution in [0.4, 0.5) is 5.82 Å². The van der Waals surface area contributed by atoms with Crippen molar-refractivity contribution in [2.24, 2.45) is 0 Å². The molecule has 3 N–H and O–H groups in total. The van der Waals surface area contributed by atoms with Gasteiger partial charge in [0.1, 0.15) is 11.4 Å². The van der Waals surface area contributed by atoms with Crippen LogP contribution >= 0.6 is 11.8 Å². The fraction of sp³-hybridized carbons (Fsp3) is 0.391. The number of benzene rings is 1. The average Bonchev–Trinajstić information content (AvgIpc) is 3.34. The van der Waals surface area contributed by atoms with Gasteiger partial charge >= 0.3 is 5.69 Å². The lowest BCUT2D eigenvalue weighted by molar-refractivity contribution is 0.0954. The van der Waals surface area contributed by atoms with Crippen molar-refractivity contribution in [3.63, 3.8) is 0 Å². The number of carbonyl (C=O) groups excluding carboxylic acids is 1. The zero-order chi connectivity index (χ0) is 22.9. The first-order valence-corrected chi connectivity index (χ1v) is 12.0. The summed E-state index contributed by atoms with van der Waals surface area (Å²) in [4.78, 5) is 44.3. The van der Waals surface area contributed by atoms with Crippen molar-refractivity contribution < 1.29 is 9.53 Å². The smallest absolute Gasteiger partial charge is 0.330 e. The van der Waals surface area contributed by atoms with Gasteiger partial charge in [-0.1, -0.05) is 42.1 Å². The summed E-state index contributed by atoms with van der Waals surface area (Å²) in [6, 6.07) is 9.89. The number of nitrogens with zero attached hydrogens (tertiary/aromatic N) is 3. The molecule has 10 heteroatoms. The highest BCUT2D eigenvalue weighted by Gasteiger charge is 2.30. The van der Waals surface area contributed by atoms with E-state index in [-0.39, 0.29) is 29.3 Å². The minimum absolute atomic E-state index is 0.0209. The molecule has 2 aliphatic rings. The van der Waals surface area contributed by atoms with Crippen molar-refractivity contribution >= 4 is 23.4 Å². The Kier molecular flexibility index (Phi) is 5.94. The summed E-state index contributed by atoms with van der Waals surface area (Å²) in [6.07, 6.45) is 5.51. The van der Waals surface area contributed by atoms with Gasteiger partial charge in [0.2, 0.25) is 0 Å². The minimum Gasteiger partial charge on any atom is -0.384 e. The van der Waals surface area contributed by atoms with E-state index in [2.05, 4.69) is 14.5 Å². The third-order valence-corrected chi connectivity index (χ3v) is 6.99. The summed E-state index contributed by atoms with van der Waals surface area (Å²) in [5.41, 5.74) is 6.59. The molecular weight excluding hydrogens is 442 g/mol. The summed E-state index contributed by atoms with van der Waals surface area (Å²) < 4.78 is 9.23. The molecule has 2 aromatic heterocycles. The zero-order valence-corrected chi connectivity index (χ0v) is 18.8. The number of anilines is 1. The fourth-order valence-corrected chi connectivity index (χ4v) is 5.08. The number of imidazole rings is 1. The lowest BCUT2D eigenvalue weighted by Gasteiger charge is -2.16. The van der Waals surface area contributed by atoms with Crippen molar-refractivity contribution in [3.8, 4) is 11.3 Å². The van der Waals surface area contributed by atoms with Crippen LogP contribution in [0.5, 0.6) is 0 Å². The number of aromatic amines is 1. The fourth-order valence-electron chi connectivity index (χ4n) is 4.21. The summed E-state index contributed by atoms with van der Waals surface area (Å²) in [5, 5.41) is 0.670. The second-order valence-corrected chi connectivity index (χ2v) is 9.31. The first-order valence-electron chi connectivity index (χ1n) is 11.1. The molecule has 1 saturated heterocycles. The number of nitrogens with one attached hydrogen (secondary N) is 1. The Bertz CT molecular complexity index is 1290. The van der Waals surface area contributed by atoms with Gasteiger partial charge in [0, 0.05) is 12.6 Å². The number of rotatable bonds is 8. The molecule has 9 nitrogen and oxygen atoms in total.